The van der Waals surface area contributed by atoms with E-state index in [2.05, 4.69) is 14.7 Å². The first kappa shape index (κ1) is 8.90. The van der Waals surface area contributed by atoms with Gasteiger partial charge in [-0.15, -0.1) is 0 Å². The van der Waals surface area contributed by atoms with Gasteiger partial charge in [0.1, 0.15) is 12.4 Å². The second-order valence-corrected chi connectivity index (χ2v) is 3.86. The number of nitrogens with one attached hydrogen (secondary N) is 1. The Labute approximate surface area is 81.5 Å². The summed E-state index contributed by atoms with van der Waals surface area (Å²) in [6.45, 7) is 1.51. The zero-order chi connectivity index (χ0) is 9.10. The van der Waals surface area contributed by atoms with Crippen LogP contribution in [0.5, 0.6) is 5.19 Å². The summed E-state index contributed by atoms with van der Waals surface area (Å²) in [5, 5.41) is 3.72. The molecule has 0 radical (unpaired) electrons. The predicted molar refractivity (Wildman–Crippen MR) is 51.3 cm³/mol. The second-order valence-electron chi connectivity index (χ2n) is 3.14. The fourth-order valence-corrected chi connectivity index (χ4v) is 1.66. The van der Waals surface area contributed by atoms with E-state index in [0.717, 1.165) is 12.4 Å². The summed E-state index contributed by atoms with van der Waals surface area (Å²) in [7, 11) is 1.90. The minimum Gasteiger partial charge on any atom is -0.468 e. The van der Waals surface area contributed by atoms with Gasteiger partial charge in [0.2, 0.25) is 0 Å². The summed E-state index contributed by atoms with van der Waals surface area (Å²) in [5.41, 5.74) is 0. The molecule has 0 amide bonds. The van der Waals surface area contributed by atoms with Gasteiger partial charge in [-0.3, -0.25) is 0 Å². The lowest BCUT2D eigenvalue weighted by atomic mass is 10.4. The van der Waals surface area contributed by atoms with Crippen molar-refractivity contribution in [1.29, 1.82) is 0 Å². The topological polar surface area (TPSA) is 47.0 Å². The highest BCUT2D eigenvalue weighted by Crippen LogP contribution is 2.39. The molecule has 1 aliphatic carbocycles. The van der Waals surface area contributed by atoms with E-state index < -0.39 is 0 Å². The number of nitrogens with zero attached hydrogens (tertiary/aromatic N) is 2. The van der Waals surface area contributed by atoms with Crippen LogP contribution >= 0.6 is 11.5 Å². The molecule has 4 nitrogen and oxygen atoms in total. The van der Waals surface area contributed by atoms with Crippen LogP contribution in [0, 0.1) is 0 Å². The van der Waals surface area contributed by atoms with Gasteiger partial charge in [-0.25, -0.2) is 0 Å². The largest absolute Gasteiger partial charge is 0.468 e. The van der Waals surface area contributed by atoms with Crippen molar-refractivity contribution in [2.75, 3.05) is 20.2 Å². The number of rotatable bonds is 5. The van der Waals surface area contributed by atoms with Crippen LogP contribution in [0.15, 0.2) is 0 Å². The first-order valence-corrected chi connectivity index (χ1v) is 5.28. The lowest BCUT2D eigenvalue weighted by molar-refractivity contribution is 0.316. The molecule has 1 N–H and O–H groups in total. The van der Waals surface area contributed by atoms with E-state index in [-0.39, 0.29) is 0 Å². The van der Waals surface area contributed by atoms with Crippen molar-refractivity contribution in [1.82, 2.24) is 14.7 Å². The molecule has 72 valence electrons. The highest BCUT2D eigenvalue weighted by atomic mass is 32.1. The Morgan fingerprint density at radius 3 is 3.15 bits per heavy atom. The molecule has 1 aromatic rings. The monoisotopic (exact) mass is 199 g/mol. The van der Waals surface area contributed by atoms with Crippen LogP contribution in [0.2, 0.25) is 0 Å². The van der Waals surface area contributed by atoms with Gasteiger partial charge < -0.3 is 10.1 Å². The summed E-state index contributed by atoms with van der Waals surface area (Å²) in [6.07, 6.45) is 2.49. The van der Waals surface area contributed by atoms with Crippen LogP contribution in [0.1, 0.15) is 24.6 Å². The highest BCUT2D eigenvalue weighted by Gasteiger charge is 2.27. The Balaban J connectivity index is 1.82. The van der Waals surface area contributed by atoms with Gasteiger partial charge in [0.25, 0.3) is 5.19 Å². The minimum atomic E-state index is 0.623. The Bertz CT molecular complexity index is 272. The third-order valence-electron chi connectivity index (χ3n) is 1.94. The normalized spacial score (nSPS) is 16.1. The Kier molecular flexibility index (Phi) is 2.75. The van der Waals surface area contributed by atoms with Gasteiger partial charge in [0, 0.05) is 24.0 Å². The standard InChI is InChI=1S/C8H13N3OS/c1-9-4-5-12-8-10-7(11-13-8)6-2-3-6/h6,9H,2-5H2,1H3. The molecule has 0 spiro atoms. The van der Waals surface area contributed by atoms with Gasteiger partial charge in [0.05, 0.1) is 0 Å². The molecular weight excluding hydrogens is 186 g/mol. The zero-order valence-electron chi connectivity index (χ0n) is 7.62. The molecule has 13 heavy (non-hydrogen) atoms. The number of hydrogen-bond donors (Lipinski definition) is 1. The fraction of sp³-hybridized carbons (Fsp3) is 0.750. The fourth-order valence-electron chi connectivity index (χ4n) is 1.03. The van der Waals surface area contributed by atoms with E-state index in [1.54, 1.807) is 0 Å². The van der Waals surface area contributed by atoms with E-state index in [1.165, 1.54) is 24.4 Å². The SMILES string of the molecule is CNCCOc1nc(C2CC2)ns1. The van der Waals surface area contributed by atoms with E-state index in [4.69, 9.17) is 4.74 Å². The first-order chi connectivity index (χ1) is 6.40. The van der Waals surface area contributed by atoms with Crippen molar-refractivity contribution >= 4 is 11.5 Å². The molecular formula is C8H13N3OS. The number of likely N-dealkylation sites (N-methyl/N-ethyl adjacent to an activating group) is 1. The molecule has 0 atom stereocenters. The van der Waals surface area contributed by atoms with Crippen molar-refractivity contribution in [2.24, 2.45) is 0 Å². The van der Waals surface area contributed by atoms with E-state index >= 15 is 0 Å². The molecule has 0 bridgehead atoms. The molecule has 0 aromatic carbocycles. The summed E-state index contributed by atoms with van der Waals surface area (Å²) < 4.78 is 9.63. The second kappa shape index (κ2) is 4.02. The number of hydrogen-bond acceptors (Lipinski definition) is 5. The van der Waals surface area contributed by atoms with Crippen molar-refractivity contribution in [3.63, 3.8) is 0 Å². The van der Waals surface area contributed by atoms with Crippen molar-refractivity contribution < 1.29 is 4.74 Å². The molecule has 1 heterocycles. The molecule has 5 heteroatoms. The van der Waals surface area contributed by atoms with Crippen molar-refractivity contribution in [3.8, 4) is 5.19 Å². The smallest absolute Gasteiger partial charge is 0.293 e. The minimum absolute atomic E-state index is 0.623. The predicted octanol–water partition coefficient (Wildman–Crippen LogP) is 1.01. The lowest BCUT2D eigenvalue weighted by Gasteiger charge is -1.98. The molecule has 2 rings (SSSR count). The maximum Gasteiger partial charge on any atom is 0.293 e. The van der Waals surface area contributed by atoms with Gasteiger partial charge in [0.15, 0.2) is 0 Å². The molecule has 0 saturated heterocycles. The lowest BCUT2D eigenvalue weighted by Crippen LogP contribution is -2.15. The summed E-state index contributed by atoms with van der Waals surface area (Å²) in [6, 6.07) is 0. The van der Waals surface area contributed by atoms with Crippen LogP contribution in [-0.4, -0.2) is 29.6 Å². The maximum atomic E-state index is 5.39. The van der Waals surface area contributed by atoms with Crippen LogP contribution in [-0.2, 0) is 0 Å². The van der Waals surface area contributed by atoms with E-state index in [9.17, 15) is 0 Å². The van der Waals surface area contributed by atoms with Gasteiger partial charge in [-0.2, -0.15) is 9.36 Å². The van der Waals surface area contributed by atoms with Crippen LogP contribution in [0.3, 0.4) is 0 Å². The maximum absolute atomic E-state index is 5.39. The molecule has 1 saturated carbocycles. The quantitative estimate of drug-likeness (QED) is 0.719. The third kappa shape index (κ3) is 2.38. The van der Waals surface area contributed by atoms with E-state index in [0.29, 0.717) is 17.7 Å². The van der Waals surface area contributed by atoms with E-state index in [1.807, 2.05) is 7.05 Å². The average Bonchev–Trinajstić information content (AvgIpc) is 2.88. The molecule has 1 aromatic heterocycles. The average molecular weight is 199 g/mol. The Hall–Kier alpha value is -0.680. The Morgan fingerprint density at radius 1 is 1.62 bits per heavy atom. The Morgan fingerprint density at radius 2 is 2.46 bits per heavy atom. The van der Waals surface area contributed by atoms with Crippen molar-refractivity contribution in [2.45, 2.75) is 18.8 Å². The molecule has 1 fully saturated rings. The first-order valence-electron chi connectivity index (χ1n) is 4.51. The van der Waals surface area contributed by atoms with Gasteiger partial charge >= 0.3 is 0 Å². The number of aromatic nitrogens is 2. The molecule has 0 unspecified atom stereocenters. The van der Waals surface area contributed by atoms with Gasteiger partial charge in [-0.05, 0) is 19.9 Å². The van der Waals surface area contributed by atoms with Crippen LogP contribution in [0.25, 0.3) is 0 Å². The molecule has 0 aliphatic heterocycles. The van der Waals surface area contributed by atoms with Crippen LogP contribution < -0.4 is 10.1 Å². The summed E-state index contributed by atoms with van der Waals surface area (Å²) in [4.78, 5) is 4.30. The summed E-state index contributed by atoms with van der Waals surface area (Å²) in [5.74, 6) is 1.60. The summed E-state index contributed by atoms with van der Waals surface area (Å²) >= 11 is 1.36. The number of ether oxygens (including phenoxy) is 1. The zero-order valence-corrected chi connectivity index (χ0v) is 8.43. The van der Waals surface area contributed by atoms with Gasteiger partial charge in [-0.1, -0.05) is 0 Å². The highest BCUT2D eigenvalue weighted by molar-refractivity contribution is 7.07. The van der Waals surface area contributed by atoms with Crippen molar-refractivity contribution in [3.05, 3.63) is 5.82 Å². The van der Waals surface area contributed by atoms with Crippen LogP contribution in [0.4, 0.5) is 0 Å². The third-order valence-corrected chi connectivity index (χ3v) is 2.59. The molecule has 1 aliphatic rings.